The molecule has 8 heteroatoms. The van der Waals surface area contributed by atoms with Gasteiger partial charge in [-0.1, -0.05) is 37.2 Å². The van der Waals surface area contributed by atoms with Gasteiger partial charge in [0.1, 0.15) is 0 Å². The van der Waals surface area contributed by atoms with Crippen LogP contribution in [0.3, 0.4) is 0 Å². The lowest BCUT2D eigenvalue weighted by Crippen LogP contribution is -2.50. The third-order valence-corrected chi connectivity index (χ3v) is 4.30. The van der Waals surface area contributed by atoms with Gasteiger partial charge in [-0.05, 0) is 24.5 Å². The monoisotopic (exact) mass is 355 g/mol. The molecule has 1 amide bonds. The fraction of sp³-hybridized carbons (Fsp3) is 0.389. The number of nitrogens with zero attached hydrogens (tertiary/aromatic N) is 2. The van der Waals surface area contributed by atoms with Gasteiger partial charge >= 0.3 is 7.12 Å². The van der Waals surface area contributed by atoms with Crippen LogP contribution in [0, 0.1) is 5.92 Å². The van der Waals surface area contributed by atoms with Gasteiger partial charge in [0.05, 0.1) is 17.2 Å². The lowest BCUT2D eigenvalue weighted by atomic mass is 9.75. The minimum Gasteiger partial charge on any atom is -0.426 e. The predicted molar refractivity (Wildman–Crippen MR) is 99.3 cm³/mol. The molecule has 1 aliphatic heterocycles. The standard InChI is InChI=1S/C18H22BN3O4/c1-11(2)7-17(19(24)25)21-18(23)16-9-15(22-26-16)13-8-12-5-3-4-6-14(12)20-10-13/h3-6,8,10-11,16-17,24-25H,7,9H2,1-2H3,(H,21,23). The van der Waals surface area contributed by atoms with E-state index in [9.17, 15) is 14.8 Å². The fourth-order valence-corrected chi connectivity index (χ4v) is 2.96. The summed E-state index contributed by atoms with van der Waals surface area (Å²) >= 11 is 0. The Balaban J connectivity index is 1.65. The Morgan fingerprint density at radius 1 is 1.38 bits per heavy atom. The zero-order valence-electron chi connectivity index (χ0n) is 14.8. The summed E-state index contributed by atoms with van der Waals surface area (Å²) in [5.41, 5.74) is 2.34. The number of hydrogen-bond acceptors (Lipinski definition) is 6. The molecule has 0 aliphatic carbocycles. The number of hydrogen-bond donors (Lipinski definition) is 3. The van der Waals surface area contributed by atoms with Crippen molar-refractivity contribution in [3.63, 3.8) is 0 Å². The zero-order chi connectivity index (χ0) is 18.7. The van der Waals surface area contributed by atoms with Gasteiger partial charge in [0.25, 0.3) is 5.91 Å². The Bertz CT molecular complexity index is 825. The predicted octanol–water partition coefficient (Wildman–Crippen LogP) is 1.27. The lowest BCUT2D eigenvalue weighted by Gasteiger charge is -2.20. The molecular weight excluding hydrogens is 333 g/mol. The molecule has 0 spiro atoms. The molecule has 0 saturated heterocycles. The van der Waals surface area contributed by atoms with Gasteiger partial charge in [-0.2, -0.15) is 0 Å². The van der Waals surface area contributed by atoms with E-state index in [-0.39, 0.29) is 5.92 Å². The van der Waals surface area contributed by atoms with Crippen LogP contribution in [-0.2, 0) is 9.63 Å². The van der Waals surface area contributed by atoms with E-state index in [4.69, 9.17) is 4.84 Å². The minimum atomic E-state index is -1.62. The molecule has 3 N–H and O–H groups in total. The molecule has 1 aliphatic rings. The first-order valence-corrected chi connectivity index (χ1v) is 8.68. The highest BCUT2D eigenvalue weighted by molar-refractivity contribution is 6.43. The largest absolute Gasteiger partial charge is 0.475 e. The Hall–Kier alpha value is -2.45. The van der Waals surface area contributed by atoms with Crippen LogP contribution in [0.15, 0.2) is 41.7 Å². The van der Waals surface area contributed by atoms with Crippen LogP contribution < -0.4 is 5.32 Å². The van der Waals surface area contributed by atoms with Crippen molar-refractivity contribution in [1.29, 1.82) is 0 Å². The normalized spacial score (nSPS) is 17.7. The number of aromatic nitrogens is 1. The summed E-state index contributed by atoms with van der Waals surface area (Å²) in [4.78, 5) is 22.0. The first kappa shape index (κ1) is 18.3. The average Bonchev–Trinajstić information content (AvgIpc) is 3.10. The molecule has 0 saturated carbocycles. The van der Waals surface area contributed by atoms with Crippen LogP contribution in [0.2, 0.25) is 0 Å². The topological polar surface area (TPSA) is 104 Å². The molecule has 0 bridgehead atoms. The number of carbonyl (C=O) groups excluding carboxylic acids is 1. The highest BCUT2D eigenvalue weighted by atomic mass is 16.6. The molecule has 2 unspecified atom stereocenters. The van der Waals surface area contributed by atoms with E-state index in [1.807, 2.05) is 44.2 Å². The van der Waals surface area contributed by atoms with Crippen molar-refractivity contribution in [3.8, 4) is 0 Å². The van der Waals surface area contributed by atoms with Gasteiger partial charge in [0.2, 0.25) is 6.10 Å². The number of benzene rings is 1. The highest BCUT2D eigenvalue weighted by Gasteiger charge is 2.33. The fourth-order valence-electron chi connectivity index (χ4n) is 2.96. The summed E-state index contributed by atoms with van der Waals surface area (Å²) in [5, 5.41) is 26.5. The Labute approximate surface area is 152 Å². The number of fused-ring (bicyclic) bond motifs is 1. The van der Waals surface area contributed by atoms with E-state index in [1.165, 1.54) is 0 Å². The molecule has 1 aromatic heterocycles. The van der Waals surface area contributed by atoms with E-state index in [0.717, 1.165) is 16.5 Å². The van der Waals surface area contributed by atoms with Gasteiger partial charge in [-0.15, -0.1) is 0 Å². The maximum atomic E-state index is 12.4. The Morgan fingerprint density at radius 3 is 2.88 bits per heavy atom. The Morgan fingerprint density at radius 2 is 2.15 bits per heavy atom. The van der Waals surface area contributed by atoms with Crippen molar-refractivity contribution in [2.75, 3.05) is 0 Å². The molecule has 26 heavy (non-hydrogen) atoms. The Kier molecular flexibility index (Phi) is 5.53. The van der Waals surface area contributed by atoms with Gasteiger partial charge in [-0.25, -0.2) is 0 Å². The van der Waals surface area contributed by atoms with Gasteiger partial charge in [0.15, 0.2) is 0 Å². The molecule has 136 valence electrons. The molecule has 2 atom stereocenters. The zero-order valence-corrected chi connectivity index (χ0v) is 14.8. The number of amides is 1. The van der Waals surface area contributed by atoms with Crippen LogP contribution in [0.4, 0.5) is 0 Å². The third-order valence-electron chi connectivity index (χ3n) is 4.30. The quantitative estimate of drug-likeness (QED) is 0.677. The second kappa shape index (κ2) is 7.84. The number of nitrogens with one attached hydrogen (secondary N) is 1. The number of carbonyl (C=O) groups is 1. The third kappa shape index (κ3) is 4.20. The first-order valence-electron chi connectivity index (χ1n) is 8.68. The van der Waals surface area contributed by atoms with Crippen LogP contribution in [0.5, 0.6) is 0 Å². The van der Waals surface area contributed by atoms with Crippen LogP contribution in [0.1, 0.15) is 32.3 Å². The lowest BCUT2D eigenvalue weighted by molar-refractivity contribution is -0.131. The van der Waals surface area contributed by atoms with Crippen molar-refractivity contribution in [3.05, 3.63) is 42.1 Å². The van der Waals surface area contributed by atoms with E-state index >= 15 is 0 Å². The number of rotatable bonds is 6. The summed E-state index contributed by atoms with van der Waals surface area (Å²) < 4.78 is 0. The van der Waals surface area contributed by atoms with E-state index in [2.05, 4.69) is 15.5 Å². The smallest absolute Gasteiger partial charge is 0.426 e. The summed E-state index contributed by atoms with van der Waals surface area (Å²) in [5.74, 6) is -0.934. The molecule has 7 nitrogen and oxygen atoms in total. The van der Waals surface area contributed by atoms with Crippen LogP contribution in [0.25, 0.3) is 10.9 Å². The molecular formula is C18H22BN3O4. The van der Waals surface area contributed by atoms with Crippen LogP contribution >= 0.6 is 0 Å². The van der Waals surface area contributed by atoms with Gasteiger partial charge < -0.3 is 20.2 Å². The summed E-state index contributed by atoms with van der Waals surface area (Å²) in [6, 6.07) is 9.72. The number of para-hydroxylation sites is 1. The molecule has 2 heterocycles. The highest BCUT2D eigenvalue weighted by Crippen LogP contribution is 2.20. The van der Waals surface area contributed by atoms with E-state index in [1.54, 1.807) is 6.20 Å². The molecule has 2 aromatic rings. The van der Waals surface area contributed by atoms with E-state index < -0.39 is 25.1 Å². The minimum absolute atomic E-state index is 0.210. The number of oxime groups is 1. The molecule has 0 fully saturated rings. The first-order chi connectivity index (χ1) is 12.4. The number of pyridine rings is 1. The molecule has 0 radical (unpaired) electrons. The summed E-state index contributed by atoms with van der Waals surface area (Å²) in [7, 11) is -1.62. The van der Waals surface area contributed by atoms with Crippen molar-refractivity contribution in [2.45, 2.75) is 38.7 Å². The van der Waals surface area contributed by atoms with E-state index in [0.29, 0.717) is 18.6 Å². The van der Waals surface area contributed by atoms with Crippen LogP contribution in [-0.4, -0.2) is 45.8 Å². The van der Waals surface area contributed by atoms with Crippen molar-refractivity contribution >= 4 is 29.6 Å². The summed E-state index contributed by atoms with van der Waals surface area (Å²) in [6.45, 7) is 3.89. The second-order valence-electron chi connectivity index (χ2n) is 6.91. The maximum Gasteiger partial charge on any atom is 0.475 e. The summed E-state index contributed by atoms with van der Waals surface area (Å²) in [6.07, 6.45) is 1.69. The van der Waals surface area contributed by atoms with Gasteiger partial charge in [0, 0.05) is 23.6 Å². The SMILES string of the molecule is CC(C)CC(NC(=O)C1CC(c2cnc3ccccc3c2)=NO1)B(O)O. The molecule has 1 aromatic carbocycles. The van der Waals surface area contributed by atoms with Crippen molar-refractivity contribution < 1.29 is 19.7 Å². The molecule has 3 rings (SSSR count). The van der Waals surface area contributed by atoms with Gasteiger partial charge in [-0.3, -0.25) is 9.78 Å². The maximum absolute atomic E-state index is 12.4. The van der Waals surface area contributed by atoms with Crippen molar-refractivity contribution in [1.82, 2.24) is 10.3 Å². The second-order valence-corrected chi connectivity index (χ2v) is 6.91. The average molecular weight is 355 g/mol. The van der Waals surface area contributed by atoms with Crippen molar-refractivity contribution in [2.24, 2.45) is 11.1 Å².